The predicted molar refractivity (Wildman–Crippen MR) is 130 cm³/mol. The van der Waals surface area contributed by atoms with Crippen LogP contribution in [-0.4, -0.2) is 61.4 Å². The first-order valence-electron chi connectivity index (χ1n) is 12.1. The molecule has 1 aromatic heterocycles. The molecule has 2 aliphatic heterocycles. The maximum absolute atomic E-state index is 14.7. The van der Waals surface area contributed by atoms with E-state index in [1.54, 1.807) is 24.6 Å². The molecule has 7 nitrogen and oxygen atoms in total. The van der Waals surface area contributed by atoms with Gasteiger partial charge in [0.15, 0.2) is 0 Å². The summed E-state index contributed by atoms with van der Waals surface area (Å²) in [6.45, 7) is 4.54. The van der Waals surface area contributed by atoms with Crippen LogP contribution in [0.4, 0.5) is 8.78 Å². The Hall–Kier alpha value is -3.14. The van der Waals surface area contributed by atoms with Crippen LogP contribution in [0.3, 0.4) is 0 Å². The van der Waals surface area contributed by atoms with Crippen molar-refractivity contribution in [1.82, 2.24) is 19.8 Å². The average Bonchev–Trinajstić information content (AvgIpc) is 3.46. The summed E-state index contributed by atoms with van der Waals surface area (Å²) in [7, 11) is 0. The van der Waals surface area contributed by atoms with E-state index in [1.807, 2.05) is 30.3 Å². The van der Waals surface area contributed by atoms with Crippen molar-refractivity contribution in [2.75, 3.05) is 13.1 Å². The third-order valence-corrected chi connectivity index (χ3v) is 7.14. The summed E-state index contributed by atoms with van der Waals surface area (Å²) in [5.41, 5.74) is -0.339. The van der Waals surface area contributed by atoms with Crippen LogP contribution in [0.15, 0.2) is 54.7 Å². The third-order valence-electron chi connectivity index (χ3n) is 7.14. The Kier molecular flexibility index (Phi) is 6.40. The summed E-state index contributed by atoms with van der Waals surface area (Å²) in [5.74, 6) is -1.36. The zero-order valence-corrected chi connectivity index (χ0v) is 20.2. The van der Waals surface area contributed by atoms with Crippen molar-refractivity contribution in [2.24, 2.45) is 5.92 Å². The second-order valence-corrected chi connectivity index (χ2v) is 10.2. The molecule has 5 rings (SSSR count). The van der Waals surface area contributed by atoms with Gasteiger partial charge in [0.2, 0.25) is 0 Å². The number of benzene rings is 2. The summed E-state index contributed by atoms with van der Waals surface area (Å²) in [6, 6.07) is 11.4. The highest BCUT2D eigenvalue weighted by Crippen LogP contribution is 2.38. The normalized spacial score (nSPS) is 23.1. The van der Waals surface area contributed by atoms with Gasteiger partial charge in [-0.2, -0.15) is 0 Å². The highest BCUT2D eigenvalue weighted by atomic mass is 19.1. The van der Waals surface area contributed by atoms with Crippen LogP contribution in [0.25, 0.3) is 11.3 Å². The zero-order valence-electron chi connectivity index (χ0n) is 20.2. The van der Waals surface area contributed by atoms with E-state index in [-0.39, 0.29) is 23.2 Å². The summed E-state index contributed by atoms with van der Waals surface area (Å²) in [6.07, 6.45) is 1.17. The number of carbonyl (C=O) groups excluding carboxylic acids is 1. The smallest absolute Gasteiger partial charge is 0.253 e. The highest BCUT2D eigenvalue weighted by Gasteiger charge is 2.50. The van der Waals surface area contributed by atoms with Crippen LogP contribution in [-0.2, 0) is 11.3 Å². The fraction of sp³-hybridized carbons (Fsp3) is 0.407. The number of nitrogens with zero attached hydrogens (tertiary/aromatic N) is 3. The van der Waals surface area contributed by atoms with Gasteiger partial charge in [-0.3, -0.25) is 4.79 Å². The SMILES string of the molecule is CC(C)(O)[C@H](c1nc(-c2cc(F)ccc2F)cn1Cc1ccccc1)N1C[C@H]2CCNC2[C@H](O)C1=O. The lowest BCUT2D eigenvalue weighted by Gasteiger charge is -2.45. The molecule has 2 aliphatic rings. The number of carbonyl (C=O) groups is 1. The lowest BCUT2D eigenvalue weighted by atomic mass is 9.86. The molecule has 0 saturated carbocycles. The first-order valence-corrected chi connectivity index (χ1v) is 12.1. The number of hydrogen-bond donors (Lipinski definition) is 3. The van der Waals surface area contributed by atoms with Gasteiger partial charge in [0, 0.05) is 30.9 Å². The molecule has 36 heavy (non-hydrogen) atoms. The van der Waals surface area contributed by atoms with E-state index >= 15 is 0 Å². The molecule has 3 aromatic rings. The number of aliphatic hydroxyl groups is 2. The number of aliphatic hydroxyl groups excluding tert-OH is 1. The van der Waals surface area contributed by atoms with Crippen LogP contribution < -0.4 is 5.32 Å². The van der Waals surface area contributed by atoms with Crippen molar-refractivity contribution in [1.29, 1.82) is 0 Å². The van der Waals surface area contributed by atoms with Gasteiger partial charge in [-0.05, 0) is 56.5 Å². The summed E-state index contributed by atoms with van der Waals surface area (Å²) in [5, 5.41) is 25.3. The Morgan fingerprint density at radius 1 is 1.19 bits per heavy atom. The van der Waals surface area contributed by atoms with E-state index in [9.17, 15) is 23.8 Å². The largest absolute Gasteiger partial charge is 0.388 e. The number of aromatic nitrogens is 2. The molecule has 2 saturated heterocycles. The monoisotopic (exact) mass is 496 g/mol. The standard InChI is InChI=1S/C27H30F2N4O3/c1-27(2,36)24(33-14-17-10-11-30-22(17)23(34)26(33)35)25-31-21(19-12-18(28)8-9-20(19)29)15-32(25)13-16-6-4-3-5-7-16/h3-9,12,15,17,22-24,30,34,36H,10-11,13-14H2,1-2H3/t17-,22?,23+,24+/m1/s1. The lowest BCUT2D eigenvalue weighted by Crippen LogP contribution is -2.61. The fourth-order valence-electron chi connectivity index (χ4n) is 5.47. The second kappa shape index (κ2) is 9.38. The van der Waals surface area contributed by atoms with Gasteiger partial charge in [-0.1, -0.05) is 30.3 Å². The lowest BCUT2D eigenvalue weighted by molar-refractivity contribution is -0.158. The molecule has 2 aromatic carbocycles. The maximum atomic E-state index is 14.7. The molecule has 0 spiro atoms. The fourth-order valence-corrected chi connectivity index (χ4v) is 5.47. The quantitative estimate of drug-likeness (QED) is 0.488. The number of fused-ring (bicyclic) bond motifs is 1. The highest BCUT2D eigenvalue weighted by molar-refractivity contribution is 5.83. The van der Waals surface area contributed by atoms with E-state index in [1.165, 1.54) is 4.90 Å². The molecule has 3 N–H and O–H groups in total. The van der Waals surface area contributed by atoms with Gasteiger partial charge in [0.25, 0.3) is 5.91 Å². The number of likely N-dealkylation sites (tertiary alicyclic amines) is 1. The Labute approximate surface area is 208 Å². The number of halogens is 2. The number of amides is 1. The Morgan fingerprint density at radius 2 is 1.94 bits per heavy atom. The number of imidazole rings is 1. The van der Waals surface area contributed by atoms with Crippen LogP contribution in [0.1, 0.15) is 37.7 Å². The molecule has 0 aliphatic carbocycles. The Bertz CT molecular complexity index is 1260. The van der Waals surface area contributed by atoms with Crippen LogP contribution in [0, 0.1) is 17.6 Å². The van der Waals surface area contributed by atoms with Gasteiger partial charge in [-0.15, -0.1) is 0 Å². The second-order valence-electron chi connectivity index (χ2n) is 10.2. The Balaban J connectivity index is 1.63. The van der Waals surface area contributed by atoms with E-state index < -0.39 is 35.3 Å². The number of piperidine rings is 1. The van der Waals surface area contributed by atoms with Crippen molar-refractivity contribution < 1.29 is 23.8 Å². The van der Waals surface area contributed by atoms with Gasteiger partial charge < -0.3 is 25.0 Å². The topological polar surface area (TPSA) is 90.6 Å². The minimum Gasteiger partial charge on any atom is -0.388 e. The molecule has 1 amide bonds. The minimum absolute atomic E-state index is 0.0115. The van der Waals surface area contributed by atoms with E-state index in [2.05, 4.69) is 10.3 Å². The number of rotatable bonds is 6. The molecule has 4 atom stereocenters. The molecule has 1 unspecified atom stereocenters. The number of hydrogen-bond acceptors (Lipinski definition) is 5. The molecule has 0 bridgehead atoms. The van der Waals surface area contributed by atoms with E-state index in [0.29, 0.717) is 25.5 Å². The zero-order chi connectivity index (χ0) is 25.6. The van der Waals surface area contributed by atoms with Gasteiger partial charge in [0.1, 0.15) is 29.6 Å². The first kappa shape index (κ1) is 24.5. The van der Waals surface area contributed by atoms with Crippen LogP contribution in [0.2, 0.25) is 0 Å². The summed E-state index contributed by atoms with van der Waals surface area (Å²) >= 11 is 0. The predicted octanol–water partition coefficient (Wildman–Crippen LogP) is 2.87. The molecular weight excluding hydrogens is 466 g/mol. The molecule has 2 fully saturated rings. The molecule has 9 heteroatoms. The third kappa shape index (κ3) is 4.54. The molecular formula is C27H30F2N4O3. The van der Waals surface area contributed by atoms with Gasteiger partial charge >= 0.3 is 0 Å². The van der Waals surface area contributed by atoms with E-state index in [4.69, 9.17) is 0 Å². The van der Waals surface area contributed by atoms with Crippen molar-refractivity contribution in [2.45, 2.75) is 50.6 Å². The van der Waals surface area contributed by atoms with Crippen molar-refractivity contribution in [3.8, 4) is 11.3 Å². The minimum atomic E-state index is -1.45. The number of nitrogens with one attached hydrogen (secondary N) is 1. The van der Waals surface area contributed by atoms with Gasteiger partial charge in [-0.25, -0.2) is 13.8 Å². The molecule has 3 heterocycles. The van der Waals surface area contributed by atoms with Crippen LogP contribution in [0.5, 0.6) is 0 Å². The van der Waals surface area contributed by atoms with Crippen molar-refractivity contribution in [3.63, 3.8) is 0 Å². The van der Waals surface area contributed by atoms with E-state index in [0.717, 1.165) is 30.2 Å². The Morgan fingerprint density at radius 3 is 2.67 bits per heavy atom. The van der Waals surface area contributed by atoms with Crippen LogP contribution >= 0.6 is 0 Å². The molecule has 0 radical (unpaired) electrons. The average molecular weight is 497 g/mol. The maximum Gasteiger partial charge on any atom is 0.253 e. The summed E-state index contributed by atoms with van der Waals surface area (Å²) < 4.78 is 30.5. The van der Waals surface area contributed by atoms with Crippen molar-refractivity contribution in [3.05, 3.63) is 77.8 Å². The van der Waals surface area contributed by atoms with Crippen molar-refractivity contribution >= 4 is 5.91 Å². The van der Waals surface area contributed by atoms with Gasteiger partial charge in [0.05, 0.1) is 11.3 Å². The molecule has 190 valence electrons. The summed E-state index contributed by atoms with van der Waals surface area (Å²) in [4.78, 5) is 19.5. The first-order chi connectivity index (χ1) is 17.1.